The van der Waals surface area contributed by atoms with Crippen molar-refractivity contribution >= 4 is 34.3 Å². The molecular weight excluding hydrogens is 328 g/mol. The Morgan fingerprint density at radius 3 is 2.81 bits per heavy atom. The molecule has 7 heteroatoms. The number of anilines is 3. The third-order valence-electron chi connectivity index (χ3n) is 4.29. The number of hydrogen-bond donors (Lipinski definition) is 1. The summed E-state index contributed by atoms with van der Waals surface area (Å²) in [5, 5.41) is 11.9. The topological polar surface area (TPSA) is 86.8 Å². The molecule has 7 nitrogen and oxygen atoms in total. The molecule has 0 aliphatic heterocycles. The molecule has 0 fully saturated rings. The molecule has 3 aromatic rings. The Morgan fingerprint density at radius 1 is 1.38 bits per heavy atom. The van der Waals surface area contributed by atoms with E-state index in [2.05, 4.69) is 21.4 Å². The number of nitrogens with zero attached hydrogens (tertiary/aromatic N) is 5. The summed E-state index contributed by atoms with van der Waals surface area (Å²) in [5.74, 6) is 0.922. The van der Waals surface area contributed by atoms with Crippen LogP contribution in [0.25, 0.3) is 11.0 Å². The largest absolute Gasteiger partial charge is 0.334 e. The van der Waals surface area contributed by atoms with E-state index in [-0.39, 0.29) is 5.91 Å². The van der Waals surface area contributed by atoms with E-state index >= 15 is 0 Å². The van der Waals surface area contributed by atoms with E-state index < -0.39 is 0 Å². The van der Waals surface area contributed by atoms with Gasteiger partial charge in [0.1, 0.15) is 11.3 Å². The average molecular weight is 348 g/mol. The summed E-state index contributed by atoms with van der Waals surface area (Å²) in [7, 11) is 3.82. The van der Waals surface area contributed by atoms with E-state index in [9.17, 15) is 4.79 Å². The number of pyridine rings is 1. The Bertz CT molecular complexity index is 1030. The molecule has 0 atom stereocenters. The summed E-state index contributed by atoms with van der Waals surface area (Å²) < 4.78 is 1.89. The highest BCUT2D eigenvalue weighted by atomic mass is 16.1. The van der Waals surface area contributed by atoms with Gasteiger partial charge in [0, 0.05) is 32.8 Å². The summed E-state index contributed by atoms with van der Waals surface area (Å²) >= 11 is 0. The van der Waals surface area contributed by atoms with Gasteiger partial charge in [-0.1, -0.05) is 6.92 Å². The van der Waals surface area contributed by atoms with Crippen LogP contribution in [0.15, 0.2) is 30.6 Å². The van der Waals surface area contributed by atoms with Crippen LogP contribution in [0.2, 0.25) is 0 Å². The lowest BCUT2D eigenvalue weighted by molar-refractivity contribution is -0.114. The van der Waals surface area contributed by atoms with Gasteiger partial charge in [0.05, 0.1) is 23.5 Å². The molecule has 0 saturated heterocycles. The first-order chi connectivity index (χ1) is 12.4. The zero-order valence-electron chi connectivity index (χ0n) is 15.2. The number of aryl methyl sites for hydroxylation is 2. The molecule has 0 aliphatic carbocycles. The third-order valence-corrected chi connectivity index (χ3v) is 4.29. The second-order valence-electron chi connectivity index (χ2n) is 6.10. The molecule has 0 spiro atoms. The quantitative estimate of drug-likeness (QED) is 0.783. The normalized spacial score (nSPS) is 10.6. The molecule has 26 heavy (non-hydrogen) atoms. The zero-order chi connectivity index (χ0) is 18.8. The number of hydrogen-bond acceptors (Lipinski definition) is 5. The van der Waals surface area contributed by atoms with Gasteiger partial charge in [-0.05, 0) is 30.2 Å². The minimum absolute atomic E-state index is 0.197. The number of rotatable bonds is 4. The van der Waals surface area contributed by atoms with Crippen molar-refractivity contribution in [3.8, 4) is 6.07 Å². The van der Waals surface area contributed by atoms with Gasteiger partial charge in [0.2, 0.25) is 5.91 Å². The molecule has 0 aliphatic rings. The second-order valence-corrected chi connectivity index (χ2v) is 6.10. The first-order valence-electron chi connectivity index (χ1n) is 8.31. The van der Waals surface area contributed by atoms with Gasteiger partial charge >= 0.3 is 0 Å². The zero-order valence-corrected chi connectivity index (χ0v) is 15.2. The van der Waals surface area contributed by atoms with Gasteiger partial charge in [-0.2, -0.15) is 5.26 Å². The SMILES string of the molecule is CCc1cc(C#N)ccc1N(C)c1cc2c(ncn2C)c(NC(C)=O)n1. The van der Waals surface area contributed by atoms with Crippen molar-refractivity contribution in [3.05, 3.63) is 41.7 Å². The van der Waals surface area contributed by atoms with Crippen LogP contribution in [0.3, 0.4) is 0 Å². The average Bonchev–Trinajstić information content (AvgIpc) is 3.01. The van der Waals surface area contributed by atoms with E-state index in [1.807, 2.05) is 48.7 Å². The van der Waals surface area contributed by atoms with Gasteiger partial charge in [-0.25, -0.2) is 9.97 Å². The van der Waals surface area contributed by atoms with Crippen LogP contribution < -0.4 is 10.2 Å². The molecule has 132 valence electrons. The van der Waals surface area contributed by atoms with E-state index in [0.717, 1.165) is 23.2 Å². The molecule has 0 unspecified atom stereocenters. The number of imidazole rings is 1. The molecule has 1 aromatic carbocycles. The van der Waals surface area contributed by atoms with E-state index in [4.69, 9.17) is 5.26 Å². The van der Waals surface area contributed by atoms with Crippen LogP contribution in [0.4, 0.5) is 17.3 Å². The maximum Gasteiger partial charge on any atom is 0.222 e. The Kier molecular flexibility index (Phi) is 4.59. The number of nitrogens with one attached hydrogen (secondary N) is 1. The van der Waals surface area contributed by atoms with E-state index in [1.54, 1.807) is 12.4 Å². The van der Waals surface area contributed by atoms with Crippen LogP contribution in [0, 0.1) is 11.3 Å². The van der Waals surface area contributed by atoms with Crippen molar-refractivity contribution in [2.75, 3.05) is 17.3 Å². The van der Waals surface area contributed by atoms with Gasteiger partial charge in [0.15, 0.2) is 5.82 Å². The first-order valence-corrected chi connectivity index (χ1v) is 8.31. The number of nitriles is 1. The molecule has 2 heterocycles. The maximum atomic E-state index is 11.6. The fraction of sp³-hybridized carbons (Fsp3) is 0.263. The monoisotopic (exact) mass is 348 g/mol. The molecule has 0 radical (unpaired) electrons. The minimum atomic E-state index is -0.197. The summed E-state index contributed by atoms with van der Waals surface area (Å²) in [5.41, 5.74) is 4.18. The molecule has 1 N–H and O–H groups in total. The number of amides is 1. The fourth-order valence-electron chi connectivity index (χ4n) is 2.93. The number of aromatic nitrogens is 3. The lowest BCUT2D eigenvalue weighted by Gasteiger charge is -2.22. The first kappa shape index (κ1) is 17.4. The molecule has 2 aromatic heterocycles. The lowest BCUT2D eigenvalue weighted by Crippen LogP contribution is -2.16. The number of benzene rings is 1. The van der Waals surface area contributed by atoms with Gasteiger partial charge < -0.3 is 14.8 Å². The Labute approximate surface area is 151 Å². The van der Waals surface area contributed by atoms with Crippen LogP contribution in [0.1, 0.15) is 25.0 Å². The lowest BCUT2D eigenvalue weighted by atomic mass is 10.1. The van der Waals surface area contributed by atoms with Crippen LogP contribution in [-0.2, 0) is 18.3 Å². The molecule has 1 amide bonds. The van der Waals surface area contributed by atoms with Crippen molar-refractivity contribution in [2.24, 2.45) is 7.05 Å². The smallest absolute Gasteiger partial charge is 0.222 e. The van der Waals surface area contributed by atoms with Gasteiger partial charge in [0.25, 0.3) is 0 Å². The summed E-state index contributed by atoms with van der Waals surface area (Å²) in [4.78, 5) is 22.4. The standard InChI is InChI=1S/C19H20N6O/c1-5-14-8-13(10-20)6-7-15(14)25(4)17-9-16-18(21-11-24(16)3)19(23-17)22-12(2)26/h6-9,11H,5H2,1-4H3,(H,22,23,26). The molecule has 0 saturated carbocycles. The van der Waals surface area contributed by atoms with Crippen molar-refractivity contribution in [1.29, 1.82) is 5.26 Å². The highest BCUT2D eigenvalue weighted by Gasteiger charge is 2.16. The maximum absolute atomic E-state index is 11.6. The molecule has 3 rings (SSSR count). The summed E-state index contributed by atoms with van der Waals surface area (Å²) in [6.45, 7) is 3.50. The Morgan fingerprint density at radius 2 is 2.15 bits per heavy atom. The highest BCUT2D eigenvalue weighted by molar-refractivity contribution is 5.98. The second kappa shape index (κ2) is 6.84. The van der Waals surface area contributed by atoms with Crippen molar-refractivity contribution in [2.45, 2.75) is 20.3 Å². The predicted octanol–water partition coefficient (Wildman–Crippen LogP) is 3.13. The molecular formula is C19H20N6O. The van der Waals surface area contributed by atoms with E-state index in [0.29, 0.717) is 22.7 Å². The minimum Gasteiger partial charge on any atom is -0.334 e. The summed E-state index contributed by atoms with van der Waals surface area (Å²) in [6, 6.07) is 9.72. The number of fused-ring (bicyclic) bond motifs is 1. The highest BCUT2D eigenvalue weighted by Crippen LogP contribution is 2.31. The van der Waals surface area contributed by atoms with Gasteiger partial charge in [-0.15, -0.1) is 0 Å². The number of carbonyl (C=O) groups is 1. The summed E-state index contributed by atoms with van der Waals surface area (Å²) in [6.07, 6.45) is 2.49. The predicted molar refractivity (Wildman–Crippen MR) is 101 cm³/mol. The van der Waals surface area contributed by atoms with Crippen molar-refractivity contribution < 1.29 is 4.79 Å². The fourth-order valence-corrected chi connectivity index (χ4v) is 2.93. The van der Waals surface area contributed by atoms with Crippen molar-refractivity contribution in [3.63, 3.8) is 0 Å². The van der Waals surface area contributed by atoms with Crippen molar-refractivity contribution in [1.82, 2.24) is 14.5 Å². The van der Waals surface area contributed by atoms with Crippen LogP contribution in [0.5, 0.6) is 0 Å². The Hall–Kier alpha value is -3.40. The van der Waals surface area contributed by atoms with Crippen LogP contribution in [-0.4, -0.2) is 27.5 Å². The van der Waals surface area contributed by atoms with E-state index in [1.165, 1.54) is 6.92 Å². The Balaban J connectivity index is 2.14. The number of carbonyl (C=O) groups excluding carboxylic acids is 1. The van der Waals surface area contributed by atoms with Crippen LogP contribution >= 0.6 is 0 Å². The van der Waals surface area contributed by atoms with Gasteiger partial charge in [-0.3, -0.25) is 4.79 Å². The molecule has 0 bridgehead atoms. The third kappa shape index (κ3) is 3.09.